The lowest BCUT2D eigenvalue weighted by Gasteiger charge is -2.34. The molecule has 180 valence electrons. The number of ether oxygens (including phenoxy) is 2. The minimum absolute atomic E-state index is 0.128. The Labute approximate surface area is 183 Å². The summed E-state index contributed by atoms with van der Waals surface area (Å²) in [7, 11) is 0. The third kappa shape index (κ3) is 8.59. The Morgan fingerprint density at radius 1 is 0.677 bits per heavy atom. The molecule has 1 atom stereocenters. The minimum Gasteiger partial charge on any atom is -0.487 e. The van der Waals surface area contributed by atoms with Crippen molar-refractivity contribution >= 4 is 0 Å². The maximum atomic E-state index is 13.7. The lowest BCUT2D eigenvalue weighted by Crippen LogP contribution is -2.34. The van der Waals surface area contributed by atoms with Crippen molar-refractivity contribution in [3.8, 4) is 5.75 Å². The van der Waals surface area contributed by atoms with Crippen molar-refractivity contribution in [3.63, 3.8) is 0 Å². The first-order chi connectivity index (χ1) is 14.7. The summed E-state index contributed by atoms with van der Waals surface area (Å²) in [6.45, 7) is 8.78. The summed E-state index contributed by atoms with van der Waals surface area (Å²) >= 11 is 0. The molecule has 0 aromatic heterocycles. The van der Waals surface area contributed by atoms with E-state index in [0.717, 1.165) is 19.3 Å². The molecule has 0 aliphatic heterocycles. The molecule has 0 N–H and O–H groups in total. The summed E-state index contributed by atoms with van der Waals surface area (Å²) in [6, 6.07) is 0. The zero-order chi connectivity index (χ0) is 23.4. The third-order valence-electron chi connectivity index (χ3n) is 5.77. The summed E-state index contributed by atoms with van der Waals surface area (Å²) in [5.74, 6) is -10.9. The second-order valence-electron chi connectivity index (χ2n) is 8.53. The van der Waals surface area contributed by atoms with Crippen molar-refractivity contribution in [2.45, 2.75) is 97.5 Å². The Balaban J connectivity index is 2.54. The second-order valence-corrected chi connectivity index (χ2v) is 8.53. The van der Waals surface area contributed by atoms with E-state index in [-0.39, 0.29) is 12.2 Å². The van der Waals surface area contributed by atoms with Gasteiger partial charge in [0.2, 0.25) is 29.1 Å². The van der Waals surface area contributed by atoms with Crippen LogP contribution < -0.4 is 4.74 Å². The second kappa shape index (κ2) is 13.9. The zero-order valence-electron chi connectivity index (χ0n) is 19.3. The van der Waals surface area contributed by atoms with Crippen molar-refractivity contribution in [2.24, 2.45) is 5.92 Å². The number of halogens is 5. The van der Waals surface area contributed by atoms with Gasteiger partial charge in [-0.3, -0.25) is 0 Å². The number of unbranched alkanes of at least 4 members (excludes halogenated alkanes) is 6. The number of hydrogen-bond acceptors (Lipinski definition) is 2. The molecule has 0 amide bonds. The normalized spacial score (nSPS) is 12.9. The van der Waals surface area contributed by atoms with Gasteiger partial charge in [0.25, 0.3) is 0 Å². The zero-order valence-corrected chi connectivity index (χ0v) is 19.3. The standard InChI is InChI=1S/C24H37F5O2/c1-5-7-8-9-10-11-14-17(24(3,4)31-6-2)15-12-13-16-30-23-21(28)19(26)18(25)20(27)22(23)29/h17H,5-16H2,1-4H3. The Morgan fingerprint density at radius 3 is 1.71 bits per heavy atom. The molecule has 1 unspecified atom stereocenters. The summed E-state index contributed by atoms with van der Waals surface area (Å²) in [6.07, 6.45) is 10.3. The Kier molecular flexibility index (Phi) is 12.4. The van der Waals surface area contributed by atoms with Crippen LogP contribution in [-0.2, 0) is 4.74 Å². The van der Waals surface area contributed by atoms with Crippen LogP contribution in [0.4, 0.5) is 22.0 Å². The highest BCUT2D eigenvalue weighted by atomic mass is 19.2. The molecule has 1 aromatic rings. The van der Waals surface area contributed by atoms with Crippen LogP contribution in [0.2, 0.25) is 0 Å². The smallest absolute Gasteiger partial charge is 0.206 e. The number of rotatable bonds is 16. The summed E-state index contributed by atoms with van der Waals surface area (Å²) < 4.78 is 77.8. The monoisotopic (exact) mass is 452 g/mol. The van der Waals surface area contributed by atoms with Crippen molar-refractivity contribution < 1.29 is 31.4 Å². The van der Waals surface area contributed by atoms with Gasteiger partial charge in [-0.25, -0.2) is 13.2 Å². The van der Waals surface area contributed by atoms with E-state index in [2.05, 4.69) is 20.8 Å². The molecule has 0 aliphatic carbocycles. The molecule has 1 aromatic carbocycles. The highest BCUT2D eigenvalue weighted by molar-refractivity contribution is 5.29. The fourth-order valence-corrected chi connectivity index (χ4v) is 3.88. The van der Waals surface area contributed by atoms with E-state index >= 15 is 0 Å². The number of benzene rings is 1. The fraction of sp³-hybridized carbons (Fsp3) is 0.750. The van der Waals surface area contributed by atoms with Crippen LogP contribution in [0.15, 0.2) is 0 Å². The van der Waals surface area contributed by atoms with Gasteiger partial charge in [-0.15, -0.1) is 0 Å². The van der Waals surface area contributed by atoms with Crippen LogP contribution in [0.3, 0.4) is 0 Å². The average molecular weight is 453 g/mol. The van der Waals surface area contributed by atoms with Gasteiger partial charge >= 0.3 is 0 Å². The Morgan fingerprint density at radius 2 is 1.16 bits per heavy atom. The maximum Gasteiger partial charge on any atom is 0.206 e. The Bertz CT molecular complexity index is 635. The highest BCUT2D eigenvalue weighted by Crippen LogP contribution is 2.32. The van der Waals surface area contributed by atoms with Crippen LogP contribution in [0, 0.1) is 35.0 Å². The molecule has 0 fully saturated rings. The quantitative estimate of drug-likeness (QED) is 0.109. The van der Waals surface area contributed by atoms with E-state index in [0.29, 0.717) is 25.4 Å². The molecule has 0 radical (unpaired) electrons. The van der Waals surface area contributed by atoms with E-state index in [9.17, 15) is 22.0 Å². The molecule has 0 aliphatic rings. The van der Waals surface area contributed by atoms with Gasteiger partial charge in [-0.05, 0) is 52.4 Å². The fourth-order valence-electron chi connectivity index (χ4n) is 3.88. The van der Waals surface area contributed by atoms with Gasteiger partial charge < -0.3 is 9.47 Å². The molecule has 31 heavy (non-hydrogen) atoms. The van der Waals surface area contributed by atoms with E-state index in [4.69, 9.17) is 9.47 Å². The van der Waals surface area contributed by atoms with E-state index in [1.54, 1.807) is 0 Å². The third-order valence-corrected chi connectivity index (χ3v) is 5.77. The van der Waals surface area contributed by atoms with Crippen LogP contribution in [0.25, 0.3) is 0 Å². The topological polar surface area (TPSA) is 18.5 Å². The van der Waals surface area contributed by atoms with E-state index in [1.165, 1.54) is 32.1 Å². The van der Waals surface area contributed by atoms with E-state index in [1.807, 2.05) is 6.92 Å². The molecule has 0 spiro atoms. The minimum atomic E-state index is -2.18. The van der Waals surface area contributed by atoms with Crippen molar-refractivity contribution in [2.75, 3.05) is 13.2 Å². The molecule has 1 rings (SSSR count). The average Bonchev–Trinajstić information content (AvgIpc) is 2.73. The van der Waals surface area contributed by atoms with Crippen LogP contribution in [-0.4, -0.2) is 18.8 Å². The largest absolute Gasteiger partial charge is 0.487 e. The van der Waals surface area contributed by atoms with Crippen molar-refractivity contribution in [3.05, 3.63) is 29.1 Å². The first kappa shape index (κ1) is 27.7. The maximum absolute atomic E-state index is 13.7. The SMILES string of the molecule is CCCCCCCCC(CCCCOc1c(F)c(F)c(F)c(F)c1F)C(C)(C)OCC. The van der Waals surface area contributed by atoms with Gasteiger partial charge in [0.15, 0.2) is 5.75 Å². The molecule has 0 heterocycles. The molecule has 0 saturated carbocycles. The lowest BCUT2D eigenvalue weighted by atomic mass is 9.82. The van der Waals surface area contributed by atoms with Crippen LogP contribution in [0.1, 0.15) is 91.9 Å². The van der Waals surface area contributed by atoms with Gasteiger partial charge in [-0.1, -0.05) is 45.4 Å². The molecular formula is C24H37F5O2. The summed E-state index contributed by atoms with van der Waals surface area (Å²) in [4.78, 5) is 0. The summed E-state index contributed by atoms with van der Waals surface area (Å²) in [5, 5.41) is 0. The first-order valence-electron chi connectivity index (χ1n) is 11.4. The number of hydrogen-bond donors (Lipinski definition) is 0. The highest BCUT2D eigenvalue weighted by Gasteiger charge is 2.29. The van der Waals surface area contributed by atoms with Crippen molar-refractivity contribution in [1.82, 2.24) is 0 Å². The summed E-state index contributed by atoms with van der Waals surface area (Å²) in [5.41, 5.74) is -0.291. The Hall–Kier alpha value is -1.37. The van der Waals surface area contributed by atoms with E-state index < -0.39 is 34.8 Å². The molecule has 0 bridgehead atoms. The van der Waals surface area contributed by atoms with Gasteiger partial charge in [0.1, 0.15) is 0 Å². The van der Waals surface area contributed by atoms with Crippen LogP contribution >= 0.6 is 0 Å². The van der Waals surface area contributed by atoms with Crippen LogP contribution in [0.5, 0.6) is 5.75 Å². The molecule has 0 saturated heterocycles. The molecule has 2 nitrogen and oxygen atoms in total. The lowest BCUT2D eigenvalue weighted by molar-refractivity contribution is -0.0606. The van der Waals surface area contributed by atoms with Gasteiger partial charge in [-0.2, -0.15) is 8.78 Å². The predicted octanol–water partition coefficient (Wildman–Crippen LogP) is 8.11. The van der Waals surface area contributed by atoms with Gasteiger partial charge in [0, 0.05) is 6.61 Å². The first-order valence-corrected chi connectivity index (χ1v) is 11.4. The molecule has 7 heteroatoms. The molecular weight excluding hydrogens is 415 g/mol. The van der Waals surface area contributed by atoms with Crippen molar-refractivity contribution in [1.29, 1.82) is 0 Å². The van der Waals surface area contributed by atoms with Gasteiger partial charge in [0.05, 0.1) is 12.2 Å². The predicted molar refractivity (Wildman–Crippen MR) is 113 cm³/mol.